The molecular formula is C15H15F2NOS. The summed E-state index contributed by atoms with van der Waals surface area (Å²) in [7, 11) is 1.93. The Morgan fingerprint density at radius 3 is 2.75 bits per heavy atom. The van der Waals surface area contributed by atoms with Crippen LogP contribution in [0.15, 0.2) is 24.3 Å². The van der Waals surface area contributed by atoms with Crippen molar-refractivity contribution >= 4 is 17.0 Å². The molecule has 0 unspecified atom stereocenters. The van der Waals surface area contributed by atoms with Gasteiger partial charge in [-0.2, -0.15) is 0 Å². The van der Waals surface area contributed by atoms with Crippen molar-refractivity contribution < 1.29 is 13.9 Å². The van der Waals surface area contributed by atoms with Crippen LogP contribution in [0.1, 0.15) is 24.0 Å². The van der Waals surface area contributed by atoms with Crippen LogP contribution >= 0.6 is 11.3 Å². The summed E-state index contributed by atoms with van der Waals surface area (Å²) in [6, 6.07) is 6.70. The fraction of sp³-hybridized carbons (Fsp3) is 0.333. The van der Waals surface area contributed by atoms with Gasteiger partial charge in [0.05, 0.1) is 0 Å². The molecule has 1 aromatic carbocycles. The van der Waals surface area contributed by atoms with E-state index in [9.17, 15) is 13.9 Å². The Morgan fingerprint density at radius 2 is 2.10 bits per heavy atom. The smallest absolute Gasteiger partial charge is 0.264 e. The molecule has 2 heterocycles. The van der Waals surface area contributed by atoms with Crippen molar-refractivity contribution in [2.24, 2.45) is 0 Å². The molecule has 1 aromatic heterocycles. The lowest BCUT2D eigenvalue weighted by molar-refractivity contribution is 0.152. The highest BCUT2D eigenvalue weighted by molar-refractivity contribution is 7.17. The molecule has 20 heavy (non-hydrogen) atoms. The second-order valence-electron chi connectivity index (χ2n) is 5.03. The van der Waals surface area contributed by atoms with Crippen molar-refractivity contribution in [2.75, 3.05) is 18.5 Å². The molecule has 0 amide bonds. The van der Waals surface area contributed by atoms with Gasteiger partial charge in [-0.05, 0) is 42.7 Å². The molecule has 0 atom stereocenters. The van der Waals surface area contributed by atoms with E-state index in [-0.39, 0.29) is 10.6 Å². The second-order valence-corrected chi connectivity index (χ2v) is 6.09. The lowest BCUT2D eigenvalue weighted by Gasteiger charge is -2.29. The number of aromatic hydroxyl groups is 1. The first-order chi connectivity index (χ1) is 9.56. The van der Waals surface area contributed by atoms with E-state index in [0.29, 0.717) is 10.4 Å². The van der Waals surface area contributed by atoms with Gasteiger partial charge in [-0.1, -0.05) is 11.3 Å². The van der Waals surface area contributed by atoms with Gasteiger partial charge in [0.15, 0.2) is 5.06 Å². The largest absolute Gasteiger partial charge is 0.499 e. The van der Waals surface area contributed by atoms with Crippen LogP contribution in [0.3, 0.4) is 0 Å². The van der Waals surface area contributed by atoms with E-state index in [1.165, 1.54) is 0 Å². The van der Waals surface area contributed by atoms with Gasteiger partial charge >= 0.3 is 0 Å². The quantitative estimate of drug-likeness (QED) is 0.885. The number of benzene rings is 1. The minimum Gasteiger partial charge on any atom is -0.499 e. The van der Waals surface area contributed by atoms with Gasteiger partial charge in [-0.25, -0.2) is 8.78 Å². The first-order valence-corrected chi connectivity index (χ1v) is 7.33. The predicted molar refractivity (Wildman–Crippen MR) is 78.0 cm³/mol. The van der Waals surface area contributed by atoms with Gasteiger partial charge in [0, 0.05) is 35.3 Å². The van der Waals surface area contributed by atoms with E-state index in [1.54, 1.807) is 18.2 Å². The minimum atomic E-state index is -2.52. The van der Waals surface area contributed by atoms with Crippen molar-refractivity contribution in [3.05, 3.63) is 35.4 Å². The van der Waals surface area contributed by atoms with E-state index in [1.807, 2.05) is 18.0 Å². The molecule has 2 aromatic rings. The summed E-state index contributed by atoms with van der Waals surface area (Å²) in [5.74, 6) is 0. The highest BCUT2D eigenvalue weighted by Crippen LogP contribution is 2.41. The van der Waals surface area contributed by atoms with E-state index < -0.39 is 6.43 Å². The van der Waals surface area contributed by atoms with Crippen LogP contribution in [0.5, 0.6) is 5.06 Å². The Labute approximate surface area is 120 Å². The van der Waals surface area contributed by atoms with Crippen LogP contribution in [0.4, 0.5) is 14.5 Å². The first kappa shape index (κ1) is 13.4. The van der Waals surface area contributed by atoms with Crippen LogP contribution in [0.25, 0.3) is 10.4 Å². The molecule has 106 valence electrons. The molecule has 3 rings (SSSR count). The van der Waals surface area contributed by atoms with Gasteiger partial charge < -0.3 is 10.0 Å². The van der Waals surface area contributed by atoms with Crippen molar-refractivity contribution in [2.45, 2.75) is 19.3 Å². The third kappa shape index (κ3) is 2.26. The lowest BCUT2D eigenvalue weighted by Crippen LogP contribution is -2.24. The third-order valence-electron chi connectivity index (χ3n) is 3.69. The summed E-state index contributed by atoms with van der Waals surface area (Å²) in [4.78, 5) is 2.72. The molecule has 0 saturated heterocycles. The average Bonchev–Trinajstić information content (AvgIpc) is 2.84. The maximum absolute atomic E-state index is 13.3. The zero-order valence-electron chi connectivity index (χ0n) is 11.1. The molecule has 1 N–H and O–H groups in total. The molecule has 2 nitrogen and oxygen atoms in total. The number of anilines is 1. The van der Waals surface area contributed by atoms with Crippen molar-refractivity contribution in [1.29, 1.82) is 0 Å². The van der Waals surface area contributed by atoms with Gasteiger partial charge in [0.1, 0.15) is 0 Å². The van der Waals surface area contributed by atoms with E-state index in [4.69, 9.17) is 0 Å². The minimum absolute atomic E-state index is 0.0411. The highest BCUT2D eigenvalue weighted by atomic mass is 32.1. The molecule has 5 heteroatoms. The Morgan fingerprint density at radius 1 is 1.30 bits per heavy atom. The summed E-state index contributed by atoms with van der Waals surface area (Å²) >= 11 is 1.13. The Hall–Kier alpha value is -1.62. The molecule has 0 saturated carbocycles. The summed E-state index contributed by atoms with van der Waals surface area (Å²) in [5, 5.41) is 9.60. The van der Waals surface area contributed by atoms with Crippen LogP contribution in [0, 0.1) is 0 Å². The molecule has 0 bridgehead atoms. The Kier molecular flexibility index (Phi) is 3.38. The summed E-state index contributed by atoms with van der Waals surface area (Å²) < 4.78 is 26.7. The number of rotatable bonds is 2. The monoisotopic (exact) mass is 295 g/mol. The topological polar surface area (TPSA) is 23.5 Å². The van der Waals surface area contributed by atoms with E-state index in [0.717, 1.165) is 42.0 Å². The number of alkyl halides is 2. The number of fused-ring (bicyclic) bond motifs is 1. The number of nitrogens with zero attached hydrogens (tertiary/aromatic N) is 1. The summed E-state index contributed by atoms with van der Waals surface area (Å²) in [5.41, 5.74) is 2.58. The number of hydrogen-bond acceptors (Lipinski definition) is 3. The SMILES string of the molecule is CN1CCCc2cc(-c3ccc(O)s3)c(C(F)F)cc21. The van der Waals surface area contributed by atoms with E-state index in [2.05, 4.69) is 0 Å². The van der Waals surface area contributed by atoms with Crippen LogP contribution in [-0.2, 0) is 6.42 Å². The first-order valence-electron chi connectivity index (χ1n) is 6.51. The van der Waals surface area contributed by atoms with E-state index >= 15 is 0 Å². The molecule has 1 aliphatic heterocycles. The number of aryl methyl sites for hydroxylation is 1. The average molecular weight is 295 g/mol. The summed E-state index contributed by atoms with van der Waals surface area (Å²) in [6.07, 6.45) is -0.574. The maximum Gasteiger partial charge on any atom is 0.264 e. The number of halogens is 2. The maximum atomic E-state index is 13.3. The molecular weight excluding hydrogens is 280 g/mol. The van der Waals surface area contributed by atoms with Gasteiger partial charge in [-0.15, -0.1) is 0 Å². The lowest BCUT2D eigenvalue weighted by atomic mass is 9.95. The fourth-order valence-corrected chi connectivity index (χ4v) is 3.48. The van der Waals surface area contributed by atoms with Crippen LogP contribution in [0.2, 0.25) is 0 Å². The van der Waals surface area contributed by atoms with Crippen molar-refractivity contribution in [3.63, 3.8) is 0 Å². The Balaban J connectivity index is 2.18. The highest BCUT2D eigenvalue weighted by Gasteiger charge is 2.22. The third-order valence-corrected chi connectivity index (χ3v) is 4.62. The molecule has 0 aliphatic carbocycles. The molecule has 0 spiro atoms. The normalized spacial score (nSPS) is 14.7. The van der Waals surface area contributed by atoms with Crippen LogP contribution in [-0.4, -0.2) is 18.7 Å². The standard InChI is InChI=1S/C15H15F2NOS/c1-18-6-2-3-9-7-10(13-4-5-14(19)20-13)11(15(16)17)8-12(9)18/h4-5,7-8,15,19H,2-3,6H2,1H3. The second kappa shape index (κ2) is 5.05. The van der Waals surface area contributed by atoms with Crippen molar-refractivity contribution in [1.82, 2.24) is 0 Å². The van der Waals surface area contributed by atoms with Gasteiger partial charge in [0.2, 0.25) is 0 Å². The predicted octanol–water partition coefficient (Wildman–Crippen LogP) is 4.44. The molecule has 0 fully saturated rings. The van der Waals surface area contributed by atoms with Crippen LogP contribution < -0.4 is 4.90 Å². The van der Waals surface area contributed by atoms with Crippen molar-refractivity contribution in [3.8, 4) is 15.5 Å². The fourth-order valence-electron chi connectivity index (χ4n) is 2.70. The Bertz CT molecular complexity index is 639. The number of thiophene rings is 1. The summed E-state index contributed by atoms with van der Waals surface area (Å²) in [6.45, 7) is 0.898. The van der Waals surface area contributed by atoms with Gasteiger partial charge in [0.25, 0.3) is 6.43 Å². The zero-order valence-corrected chi connectivity index (χ0v) is 11.9. The van der Waals surface area contributed by atoms with Gasteiger partial charge in [-0.3, -0.25) is 0 Å². The zero-order chi connectivity index (χ0) is 14.3. The molecule has 1 aliphatic rings. The number of hydrogen-bond donors (Lipinski definition) is 1. The molecule has 0 radical (unpaired) electrons.